The molecule has 0 aliphatic carbocycles. The summed E-state index contributed by atoms with van der Waals surface area (Å²) in [4.78, 5) is 5.40. The van der Waals surface area contributed by atoms with Gasteiger partial charge in [0, 0.05) is 52.8 Å². The van der Waals surface area contributed by atoms with Crippen molar-refractivity contribution in [2.45, 2.75) is 6.17 Å². The van der Waals surface area contributed by atoms with Crippen LogP contribution in [-0.4, -0.2) is 10.4 Å². The van der Waals surface area contributed by atoms with Crippen LogP contribution in [0.2, 0.25) is 0 Å². The highest BCUT2D eigenvalue weighted by Gasteiger charge is 2.33. The second-order valence-corrected chi connectivity index (χ2v) is 15.6. The van der Waals surface area contributed by atoms with Crippen molar-refractivity contribution in [3.05, 3.63) is 163 Å². The van der Waals surface area contributed by atoms with Gasteiger partial charge in [-0.05, 0) is 45.1 Å². The zero-order valence-electron chi connectivity index (χ0n) is 27.2. The smallest absolute Gasteiger partial charge is 0.136 e. The van der Waals surface area contributed by atoms with Crippen LogP contribution in [-0.2, 0) is 0 Å². The molecule has 3 aromatic heterocycles. The first-order chi connectivity index (χ1) is 25.3. The number of aliphatic imine (C=N–C) groups is 1. The lowest BCUT2D eigenvalue weighted by molar-refractivity contribution is 0.586. The van der Waals surface area contributed by atoms with E-state index in [-0.39, 0.29) is 6.17 Å². The Kier molecular flexibility index (Phi) is 5.59. The van der Waals surface area contributed by atoms with Gasteiger partial charge in [0.2, 0.25) is 0 Å². The van der Waals surface area contributed by atoms with Crippen molar-refractivity contribution >= 4 is 118 Å². The number of hydrogen-bond acceptors (Lipinski definition) is 4. The van der Waals surface area contributed by atoms with Crippen LogP contribution < -0.4 is 5.32 Å². The molecule has 238 valence electrons. The first kappa shape index (κ1) is 27.8. The average molecular weight is 686 g/mol. The average Bonchev–Trinajstić information content (AvgIpc) is 3.88. The summed E-state index contributed by atoms with van der Waals surface area (Å²) < 4.78 is 6.53. The van der Waals surface area contributed by atoms with Gasteiger partial charge in [-0.1, -0.05) is 133 Å². The zero-order chi connectivity index (χ0) is 33.2. The van der Waals surface area contributed by atoms with Crippen LogP contribution in [0.1, 0.15) is 17.3 Å². The van der Waals surface area contributed by atoms with Crippen LogP contribution in [0.15, 0.2) is 157 Å². The lowest BCUT2D eigenvalue weighted by atomic mass is 9.98. The van der Waals surface area contributed by atoms with Crippen molar-refractivity contribution in [2.75, 3.05) is 0 Å². The van der Waals surface area contributed by atoms with Gasteiger partial charge in [-0.2, -0.15) is 0 Å². The fourth-order valence-corrected chi connectivity index (χ4v) is 11.0. The highest BCUT2D eigenvalue weighted by Crippen LogP contribution is 2.52. The van der Waals surface area contributed by atoms with Gasteiger partial charge in [-0.15, -0.1) is 22.7 Å². The minimum Gasteiger partial charge on any atom is -0.345 e. The molecule has 1 unspecified atom stereocenters. The third kappa shape index (κ3) is 3.79. The Morgan fingerprint density at radius 1 is 0.490 bits per heavy atom. The van der Waals surface area contributed by atoms with Gasteiger partial charge in [0.05, 0.1) is 15.7 Å². The molecule has 0 saturated carbocycles. The maximum Gasteiger partial charge on any atom is 0.136 e. The van der Waals surface area contributed by atoms with Gasteiger partial charge in [0.15, 0.2) is 0 Å². The van der Waals surface area contributed by atoms with E-state index in [1.807, 2.05) is 11.3 Å². The van der Waals surface area contributed by atoms with Crippen LogP contribution in [0.4, 0.5) is 5.00 Å². The van der Waals surface area contributed by atoms with E-state index in [0.717, 1.165) is 16.4 Å². The number of fused-ring (bicyclic) bond motifs is 16. The molecular formula is C46H27N3S2. The second kappa shape index (κ2) is 10.3. The Hall–Kier alpha value is -6.01. The molecule has 3 nitrogen and oxygen atoms in total. The van der Waals surface area contributed by atoms with E-state index < -0.39 is 0 Å². The number of thiophene rings is 2. The summed E-state index contributed by atoms with van der Waals surface area (Å²) in [6.07, 6.45) is -0.212. The molecule has 12 rings (SSSR count). The topological polar surface area (TPSA) is 29.3 Å². The van der Waals surface area contributed by atoms with Gasteiger partial charge in [0.1, 0.15) is 17.0 Å². The molecule has 0 saturated heterocycles. The van der Waals surface area contributed by atoms with E-state index >= 15 is 0 Å². The molecule has 4 heterocycles. The molecule has 1 N–H and O–H groups in total. The standard InChI is InChI=1S/C46H27N3S2/c1-2-13-28-25-29(22-21-26(28)11-1)44-47-45(40-34-18-8-10-20-37(34)51-46(40)48-44)49-41-30-14-4-3-12-27(30)23-24-35(41)38-31-15-5-6-16-32(31)39-33-17-7-9-19-36(33)50-43(39)42(38)49/h1-25,45H,(H,47,48). The van der Waals surface area contributed by atoms with E-state index in [1.54, 1.807) is 11.3 Å². The van der Waals surface area contributed by atoms with E-state index in [9.17, 15) is 0 Å². The molecule has 0 spiro atoms. The van der Waals surface area contributed by atoms with E-state index in [4.69, 9.17) is 4.99 Å². The van der Waals surface area contributed by atoms with Gasteiger partial charge < -0.3 is 9.88 Å². The number of rotatable bonds is 2. The molecule has 5 heteroatoms. The summed E-state index contributed by atoms with van der Waals surface area (Å²) in [5.41, 5.74) is 4.84. The van der Waals surface area contributed by atoms with Crippen LogP contribution >= 0.6 is 22.7 Å². The number of amidine groups is 1. The molecule has 1 atom stereocenters. The van der Waals surface area contributed by atoms with E-state index in [1.165, 1.54) is 89.9 Å². The number of nitrogens with zero attached hydrogens (tertiary/aromatic N) is 2. The molecule has 0 fully saturated rings. The Morgan fingerprint density at radius 3 is 1.94 bits per heavy atom. The fourth-order valence-electron chi connectivity index (χ4n) is 8.64. The highest BCUT2D eigenvalue weighted by atomic mass is 32.1. The Morgan fingerprint density at radius 2 is 1.12 bits per heavy atom. The van der Waals surface area contributed by atoms with Crippen molar-refractivity contribution in [1.82, 2.24) is 9.88 Å². The SMILES string of the molecule is c1ccc2cc(C3=Nc4sc5ccccc5c4C(n4c5c6ccccc6ccc5c5c6ccccc6c6c7ccccc7sc6c54)N3)ccc2c1. The quantitative estimate of drug-likeness (QED) is 0.193. The van der Waals surface area contributed by atoms with Crippen molar-refractivity contribution < 1.29 is 0 Å². The Labute approximate surface area is 300 Å². The largest absolute Gasteiger partial charge is 0.345 e. The number of benzene rings is 8. The third-order valence-electron chi connectivity index (χ3n) is 10.8. The summed E-state index contributed by atoms with van der Waals surface area (Å²) in [6, 6.07) is 55.5. The van der Waals surface area contributed by atoms with Crippen LogP contribution in [0, 0.1) is 0 Å². The van der Waals surface area contributed by atoms with Gasteiger partial charge in [-0.25, -0.2) is 4.99 Å². The zero-order valence-corrected chi connectivity index (χ0v) is 28.9. The fraction of sp³-hybridized carbons (Fsp3) is 0.0217. The van der Waals surface area contributed by atoms with Gasteiger partial charge >= 0.3 is 0 Å². The summed E-state index contributed by atoms with van der Waals surface area (Å²) in [5, 5.41) is 19.2. The molecule has 11 aromatic rings. The Bertz CT molecular complexity index is 3300. The maximum absolute atomic E-state index is 5.40. The molecule has 0 bridgehead atoms. The van der Waals surface area contributed by atoms with Crippen molar-refractivity contribution in [3.63, 3.8) is 0 Å². The molecule has 0 radical (unpaired) electrons. The van der Waals surface area contributed by atoms with Crippen molar-refractivity contribution in [3.8, 4) is 0 Å². The van der Waals surface area contributed by atoms with Crippen LogP contribution in [0.5, 0.6) is 0 Å². The van der Waals surface area contributed by atoms with Crippen molar-refractivity contribution in [2.24, 2.45) is 4.99 Å². The minimum absolute atomic E-state index is 0.212. The predicted molar refractivity (Wildman–Crippen MR) is 221 cm³/mol. The molecule has 0 amide bonds. The lowest BCUT2D eigenvalue weighted by Crippen LogP contribution is -2.36. The third-order valence-corrected chi connectivity index (χ3v) is 13.1. The molecular weight excluding hydrogens is 659 g/mol. The Balaban J connectivity index is 1.28. The van der Waals surface area contributed by atoms with E-state index in [0.29, 0.717) is 0 Å². The van der Waals surface area contributed by atoms with Gasteiger partial charge in [0.25, 0.3) is 0 Å². The summed E-state index contributed by atoms with van der Waals surface area (Å²) in [7, 11) is 0. The first-order valence-corrected chi connectivity index (χ1v) is 19.0. The second-order valence-electron chi connectivity index (χ2n) is 13.5. The summed E-state index contributed by atoms with van der Waals surface area (Å²) in [5.74, 6) is 0.897. The molecule has 1 aliphatic rings. The monoisotopic (exact) mass is 685 g/mol. The minimum atomic E-state index is -0.212. The molecule has 8 aromatic carbocycles. The van der Waals surface area contributed by atoms with Crippen LogP contribution in [0.25, 0.3) is 84.4 Å². The normalized spacial score (nSPS) is 14.7. The van der Waals surface area contributed by atoms with Crippen LogP contribution in [0.3, 0.4) is 0 Å². The van der Waals surface area contributed by atoms with Gasteiger partial charge in [-0.3, -0.25) is 0 Å². The maximum atomic E-state index is 5.40. The predicted octanol–water partition coefficient (Wildman–Crippen LogP) is 13.1. The summed E-state index contributed by atoms with van der Waals surface area (Å²) >= 11 is 3.70. The summed E-state index contributed by atoms with van der Waals surface area (Å²) in [6.45, 7) is 0. The molecule has 1 aliphatic heterocycles. The van der Waals surface area contributed by atoms with Crippen molar-refractivity contribution in [1.29, 1.82) is 0 Å². The highest BCUT2D eigenvalue weighted by molar-refractivity contribution is 7.27. The lowest BCUT2D eigenvalue weighted by Gasteiger charge is -2.29. The number of nitrogens with one attached hydrogen (secondary N) is 1. The number of hydrogen-bond donors (Lipinski definition) is 1. The van der Waals surface area contributed by atoms with E-state index in [2.05, 4.69) is 162 Å². The molecule has 51 heavy (non-hydrogen) atoms. The number of aromatic nitrogens is 1. The first-order valence-electron chi connectivity index (χ1n) is 17.3.